The molecule has 0 atom stereocenters. The Kier molecular flexibility index (Phi) is 6.70. The summed E-state index contributed by atoms with van der Waals surface area (Å²) in [5.41, 5.74) is 2.80. The summed E-state index contributed by atoms with van der Waals surface area (Å²) in [6.07, 6.45) is 0. The molecule has 1 saturated heterocycles. The fraction of sp³-hybridized carbons (Fsp3) is 0.435. The summed E-state index contributed by atoms with van der Waals surface area (Å²) in [5, 5.41) is 14.6. The molecule has 1 heterocycles. The topological polar surface area (TPSA) is 51.1 Å². The maximum Gasteiger partial charge on any atom is 0.198 e. The van der Waals surface area contributed by atoms with Crippen molar-refractivity contribution in [2.75, 3.05) is 38.5 Å². The molecule has 5 nitrogen and oxygen atoms in total. The summed E-state index contributed by atoms with van der Waals surface area (Å²) in [6, 6.07) is 13.5. The van der Waals surface area contributed by atoms with E-state index in [0.29, 0.717) is 17.3 Å². The molecule has 0 unspecified atom stereocenters. The number of likely N-dealkylation sites (N-methyl/N-ethyl adjacent to an activating group) is 1. The molecule has 2 N–H and O–H groups in total. The lowest BCUT2D eigenvalue weighted by atomic mass is 9.87. The molecule has 2 aromatic carbocycles. The number of anilines is 1. The zero-order valence-electron chi connectivity index (χ0n) is 17.7. The molecule has 2 aromatic rings. The Morgan fingerprint density at radius 3 is 2.45 bits per heavy atom. The molecule has 0 amide bonds. The summed E-state index contributed by atoms with van der Waals surface area (Å²) >= 11 is 6.32. The number of hydrogen-bond acceptors (Lipinski definition) is 3. The third kappa shape index (κ3) is 5.64. The van der Waals surface area contributed by atoms with Crippen LogP contribution in [0.5, 0.6) is 5.75 Å². The van der Waals surface area contributed by atoms with Crippen LogP contribution >= 0.6 is 11.6 Å². The fourth-order valence-electron chi connectivity index (χ4n) is 3.25. The van der Waals surface area contributed by atoms with Crippen molar-refractivity contribution in [1.82, 2.24) is 9.80 Å². The Labute approximate surface area is 179 Å². The minimum Gasteiger partial charge on any atom is -0.506 e. The summed E-state index contributed by atoms with van der Waals surface area (Å²) in [5.74, 6) is 0.983. The molecule has 0 aromatic heterocycles. The number of benzene rings is 2. The first-order valence-electron chi connectivity index (χ1n) is 10.1. The van der Waals surface area contributed by atoms with E-state index in [1.165, 1.54) is 0 Å². The lowest BCUT2D eigenvalue weighted by Crippen LogP contribution is -2.49. The van der Waals surface area contributed by atoms with Crippen LogP contribution in [-0.4, -0.2) is 54.1 Å². The third-order valence-corrected chi connectivity index (χ3v) is 5.64. The maximum atomic E-state index is 10.5. The molecule has 29 heavy (non-hydrogen) atoms. The summed E-state index contributed by atoms with van der Waals surface area (Å²) < 4.78 is 0. The van der Waals surface area contributed by atoms with Crippen LogP contribution in [0.25, 0.3) is 0 Å². The Balaban J connectivity index is 1.89. The van der Waals surface area contributed by atoms with Crippen LogP contribution in [0.2, 0.25) is 5.02 Å². The first-order chi connectivity index (χ1) is 13.7. The van der Waals surface area contributed by atoms with Gasteiger partial charge in [-0.05, 0) is 41.8 Å². The van der Waals surface area contributed by atoms with Crippen molar-refractivity contribution < 1.29 is 5.11 Å². The Hall–Kier alpha value is -2.24. The van der Waals surface area contributed by atoms with E-state index in [-0.39, 0.29) is 11.2 Å². The van der Waals surface area contributed by atoms with Crippen LogP contribution in [0.1, 0.15) is 31.9 Å². The van der Waals surface area contributed by atoms with Crippen LogP contribution in [0.15, 0.2) is 47.5 Å². The van der Waals surface area contributed by atoms with Gasteiger partial charge in [0.25, 0.3) is 0 Å². The van der Waals surface area contributed by atoms with Gasteiger partial charge in [-0.1, -0.05) is 56.6 Å². The first-order valence-corrected chi connectivity index (χ1v) is 10.4. The smallest absolute Gasteiger partial charge is 0.198 e. The minimum atomic E-state index is -0.00711. The predicted molar refractivity (Wildman–Crippen MR) is 122 cm³/mol. The summed E-state index contributed by atoms with van der Waals surface area (Å²) in [4.78, 5) is 9.39. The van der Waals surface area contributed by atoms with Crippen LogP contribution < -0.4 is 5.32 Å². The van der Waals surface area contributed by atoms with Gasteiger partial charge in [0.05, 0.1) is 12.2 Å². The lowest BCUT2D eigenvalue weighted by molar-refractivity contribution is 0.215. The third-order valence-electron chi connectivity index (χ3n) is 5.27. The van der Waals surface area contributed by atoms with E-state index in [9.17, 15) is 5.11 Å². The predicted octanol–water partition coefficient (Wildman–Crippen LogP) is 4.56. The molecular formula is C23H31ClN4O. The number of rotatable bonds is 3. The van der Waals surface area contributed by atoms with Gasteiger partial charge in [0.15, 0.2) is 5.96 Å². The molecule has 0 bridgehead atoms. The number of aromatic hydroxyl groups is 1. The number of piperazine rings is 1. The molecule has 3 rings (SSSR count). The Morgan fingerprint density at radius 2 is 1.79 bits per heavy atom. The van der Waals surface area contributed by atoms with Gasteiger partial charge >= 0.3 is 0 Å². The maximum absolute atomic E-state index is 10.5. The van der Waals surface area contributed by atoms with Crippen LogP contribution in [0.4, 0.5) is 5.69 Å². The van der Waals surface area contributed by atoms with E-state index in [4.69, 9.17) is 16.6 Å². The number of nitrogens with zero attached hydrogens (tertiary/aromatic N) is 3. The van der Waals surface area contributed by atoms with Gasteiger partial charge < -0.3 is 20.2 Å². The van der Waals surface area contributed by atoms with Gasteiger partial charge in [-0.25, -0.2) is 4.99 Å². The van der Waals surface area contributed by atoms with E-state index >= 15 is 0 Å². The molecule has 0 aliphatic carbocycles. The molecule has 1 fully saturated rings. The molecule has 1 aliphatic heterocycles. The van der Waals surface area contributed by atoms with Crippen LogP contribution in [0, 0.1) is 0 Å². The van der Waals surface area contributed by atoms with Gasteiger partial charge in [0.1, 0.15) is 5.75 Å². The van der Waals surface area contributed by atoms with Gasteiger partial charge in [0, 0.05) is 31.2 Å². The van der Waals surface area contributed by atoms with Crippen molar-refractivity contribution in [2.24, 2.45) is 4.99 Å². The highest BCUT2D eigenvalue weighted by atomic mass is 35.5. The van der Waals surface area contributed by atoms with E-state index in [2.05, 4.69) is 42.9 Å². The second-order valence-corrected chi connectivity index (χ2v) is 9.04. The average molecular weight is 415 g/mol. The van der Waals surface area contributed by atoms with Gasteiger partial charge in [-0.15, -0.1) is 0 Å². The lowest BCUT2D eigenvalue weighted by Gasteiger charge is -2.35. The fourth-order valence-corrected chi connectivity index (χ4v) is 3.44. The zero-order chi connectivity index (χ0) is 21.0. The van der Waals surface area contributed by atoms with Crippen LogP contribution in [0.3, 0.4) is 0 Å². The summed E-state index contributed by atoms with van der Waals surface area (Å²) in [7, 11) is 2.13. The number of halogens is 1. The van der Waals surface area contributed by atoms with E-state index in [1.54, 1.807) is 6.07 Å². The van der Waals surface area contributed by atoms with Crippen molar-refractivity contribution in [3.8, 4) is 5.75 Å². The van der Waals surface area contributed by atoms with Gasteiger partial charge in [-0.2, -0.15) is 0 Å². The quantitative estimate of drug-likeness (QED) is 0.439. The van der Waals surface area contributed by atoms with Gasteiger partial charge in [-0.3, -0.25) is 0 Å². The first kappa shape index (κ1) is 21.5. The highest BCUT2D eigenvalue weighted by Gasteiger charge is 2.20. The molecule has 0 saturated carbocycles. The van der Waals surface area contributed by atoms with E-state index in [1.807, 2.05) is 36.4 Å². The standard InChI is InChI=1S/C23H31ClN4O/c1-23(2,3)18-9-10-21(29)20(15-18)26-22(28-13-11-27(4)12-14-28)25-16-17-7-5-6-8-19(17)24/h5-10,15,29H,11-14,16H2,1-4H3,(H,25,26). The van der Waals surface area contributed by atoms with E-state index in [0.717, 1.165) is 43.3 Å². The number of phenols is 1. The van der Waals surface area contributed by atoms with E-state index < -0.39 is 0 Å². The molecule has 156 valence electrons. The summed E-state index contributed by atoms with van der Waals surface area (Å²) in [6.45, 7) is 10.7. The Bertz CT molecular complexity index is 867. The molecule has 6 heteroatoms. The molecular weight excluding hydrogens is 384 g/mol. The van der Waals surface area contributed by atoms with Crippen LogP contribution in [-0.2, 0) is 12.0 Å². The van der Waals surface area contributed by atoms with Crippen molar-refractivity contribution in [3.05, 3.63) is 58.6 Å². The number of phenolic OH excluding ortho intramolecular Hbond substituents is 1. The average Bonchev–Trinajstić information content (AvgIpc) is 2.67. The number of nitrogens with one attached hydrogen (secondary N) is 1. The molecule has 0 spiro atoms. The second kappa shape index (κ2) is 9.06. The molecule has 1 aliphatic rings. The van der Waals surface area contributed by atoms with Crippen molar-refractivity contribution in [3.63, 3.8) is 0 Å². The zero-order valence-corrected chi connectivity index (χ0v) is 18.5. The van der Waals surface area contributed by atoms with Crippen molar-refractivity contribution in [2.45, 2.75) is 32.7 Å². The Morgan fingerprint density at radius 1 is 1.10 bits per heavy atom. The SMILES string of the molecule is CN1CCN(C(=NCc2ccccc2Cl)Nc2cc(C(C)(C)C)ccc2O)CC1. The van der Waals surface area contributed by atoms with Gasteiger partial charge in [0.2, 0.25) is 0 Å². The van der Waals surface area contributed by atoms with Crippen molar-refractivity contribution >= 4 is 23.2 Å². The minimum absolute atomic E-state index is 0.00711. The highest BCUT2D eigenvalue weighted by Crippen LogP contribution is 2.31. The number of guanidine groups is 1. The monoisotopic (exact) mass is 414 g/mol. The highest BCUT2D eigenvalue weighted by molar-refractivity contribution is 6.31. The molecule has 0 radical (unpaired) electrons. The number of hydrogen-bond donors (Lipinski definition) is 2. The number of aliphatic imine (C=N–C) groups is 1. The normalized spacial score (nSPS) is 16.2. The largest absolute Gasteiger partial charge is 0.506 e. The second-order valence-electron chi connectivity index (χ2n) is 8.63. The van der Waals surface area contributed by atoms with Crippen molar-refractivity contribution in [1.29, 1.82) is 0 Å².